The first-order valence-corrected chi connectivity index (χ1v) is 6.73. The minimum Gasteiger partial charge on any atom is -0.480 e. The molecule has 4 heteroatoms. The van der Waals surface area contributed by atoms with Crippen LogP contribution in [0.5, 0.6) is 0 Å². The Kier molecular flexibility index (Phi) is 4.47. The van der Waals surface area contributed by atoms with Gasteiger partial charge in [-0.15, -0.1) is 0 Å². The van der Waals surface area contributed by atoms with Crippen molar-refractivity contribution in [1.29, 1.82) is 0 Å². The van der Waals surface area contributed by atoms with Crippen LogP contribution in [0.4, 0.5) is 5.69 Å². The van der Waals surface area contributed by atoms with Gasteiger partial charge < -0.3 is 10.0 Å². The zero-order valence-electron chi connectivity index (χ0n) is 10.6. The molecular formula is C15H15NO2S. The quantitative estimate of drug-likeness (QED) is 0.907. The summed E-state index contributed by atoms with van der Waals surface area (Å²) < 4.78 is 0. The molecule has 0 amide bonds. The summed E-state index contributed by atoms with van der Waals surface area (Å²) in [5.74, 6) is -0.831. The van der Waals surface area contributed by atoms with Crippen molar-refractivity contribution in [2.24, 2.45) is 0 Å². The molecule has 0 unspecified atom stereocenters. The summed E-state index contributed by atoms with van der Waals surface area (Å²) in [7, 11) is 1.79. The number of hydrogen-bond donors (Lipinski definition) is 1. The van der Waals surface area contributed by atoms with E-state index in [1.807, 2.05) is 54.6 Å². The van der Waals surface area contributed by atoms with Gasteiger partial charge in [0, 0.05) is 16.8 Å². The molecule has 0 bridgehead atoms. The molecule has 0 atom stereocenters. The first kappa shape index (κ1) is 13.5. The zero-order valence-corrected chi connectivity index (χ0v) is 11.4. The van der Waals surface area contributed by atoms with Gasteiger partial charge in [-0.05, 0) is 24.3 Å². The summed E-state index contributed by atoms with van der Waals surface area (Å²) in [5.41, 5.74) is 0.929. The maximum atomic E-state index is 10.8. The third-order valence-electron chi connectivity index (χ3n) is 2.62. The summed E-state index contributed by atoms with van der Waals surface area (Å²) in [6.07, 6.45) is 0. The van der Waals surface area contributed by atoms with Gasteiger partial charge in [-0.25, -0.2) is 0 Å². The van der Waals surface area contributed by atoms with E-state index in [-0.39, 0.29) is 6.54 Å². The molecule has 2 aromatic rings. The van der Waals surface area contributed by atoms with Gasteiger partial charge in [-0.3, -0.25) is 4.79 Å². The van der Waals surface area contributed by atoms with Gasteiger partial charge in [0.25, 0.3) is 0 Å². The highest BCUT2D eigenvalue weighted by molar-refractivity contribution is 7.99. The Hall–Kier alpha value is -1.94. The normalized spacial score (nSPS) is 10.2. The van der Waals surface area contributed by atoms with Gasteiger partial charge in [-0.1, -0.05) is 42.1 Å². The highest BCUT2D eigenvalue weighted by atomic mass is 32.2. The Morgan fingerprint density at radius 2 is 1.74 bits per heavy atom. The molecule has 0 spiro atoms. The number of hydrogen-bond acceptors (Lipinski definition) is 3. The van der Waals surface area contributed by atoms with Crippen LogP contribution in [0.15, 0.2) is 64.4 Å². The lowest BCUT2D eigenvalue weighted by Gasteiger charge is -2.20. The zero-order chi connectivity index (χ0) is 13.7. The van der Waals surface area contributed by atoms with Crippen molar-refractivity contribution >= 4 is 23.4 Å². The largest absolute Gasteiger partial charge is 0.480 e. The van der Waals surface area contributed by atoms with Crippen LogP contribution in [-0.2, 0) is 4.79 Å². The van der Waals surface area contributed by atoms with Crippen LogP contribution in [0.2, 0.25) is 0 Å². The minimum atomic E-state index is -0.831. The summed E-state index contributed by atoms with van der Waals surface area (Å²) in [6, 6.07) is 17.9. The predicted octanol–water partition coefficient (Wildman–Crippen LogP) is 3.36. The van der Waals surface area contributed by atoms with E-state index in [9.17, 15) is 4.79 Å². The van der Waals surface area contributed by atoms with Crippen LogP contribution in [-0.4, -0.2) is 24.7 Å². The number of carboxylic acid groups (broad SMARTS) is 1. The standard InChI is InChI=1S/C15H15NO2S/c1-16(11-15(17)18)13-9-5-6-10-14(13)19-12-7-3-2-4-8-12/h2-10H,11H2,1H3,(H,17,18). The number of benzene rings is 2. The third kappa shape index (κ3) is 3.76. The van der Waals surface area contributed by atoms with E-state index in [0.717, 1.165) is 15.5 Å². The maximum absolute atomic E-state index is 10.8. The predicted molar refractivity (Wildman–Crippen MR) is 77.9 cm³/mol. The number of rotatable bonds is 5. The Bertz CT molecular complexity index is 557. The lowest BCUT2D eigenvalue weighted by Crippen LogP contribution is -2.25. The van der Waals surface area contributed by atoms with E-state index in [2.05, 4.69) is 0 Å². The van der Waals surface area contributed by atoms with E-state index in [1.165, 1.54) is 0 Å². The molecule has 2 rings (SSSR count). The molecule has 0 aliphatic carbocycles. The first-order valence-electron chi connectivity index (χ1n) is 5.91. The summed E-state index contributed by atoms with van der Waals surface area (Å²) >= 11 is 1.64. The molecule has 0 aliphatic heterocycles. The van der Waals surface area contributed by atoms with Crippen molar-refractivity contribution in [3.05, 3.63) is 54.6 Å². The molecule has 0 heterocycles. The molecule has 0 saturated heterocycles. The van der Waals surface area contributed by atoms with Gasteiger partial charge in [0.15, 0.2) is 0 Å². The summed E-state index contributed by atoms with van der Waals surface area (Å²) in [4.78, 5) is 14.7. The Morgan fingerprint density at radius 3 is 2.42 bits per heavy atom. The number of anilines is 1. The van der Waals surface area contributed by atoms with Gasteiger partial charge in [-0.2, -0.15) is 0 Å². The lowest BCUT2D eigenvalue weighted by atomic mass is 10.3. The average molecular weight is 273 g/mol. The fourth-order valence-corrected chi connectivity index (χ4v) is 2.78. The maximum Gasteiger partial charge on any atom is 0.323 e. The van der Waals surface area contributed by atoms with Crippen LogP contribution in [0, 0.1) is 0 Å². The van der Waals surface area contributed by atoms with E-state index < -0.39 is 5.97 Å². The highest BCUT2D eigenvalue weighted by Crippen LogP contribution is 2.34. The minimum absolute atomic E-state index is 0.00758. The fourth-order valence-electron chi connectivity index (χ4n) is 1.76. The molecule has 2 aromatic carbocycles. The lowest BCUT2D eigenvalue weighted by molar-refractivity contribution is -0.135. The van der Waals surface area contributed by atoms with Crippen molar-refractivity contribution in [3.63, 3.8) is 0 Å². The van der Waals surface area contributed by atoms with Crippen molar-refractivity contribution in [1.82, 2.24) is 0 Å². The Balaban J connectivity index is 2.23. The van der Waals surface area contributed by atoms with Gasteiger partial charge in [0.2, 0.25) is 0 Å². The van der Waals surface area contributed by atoms with E-state index in [4.69, 9.17) is 5.11 Å². The molecule has 0 fully saturated rings. The number of nitrogens with zero attached hydrogens (tertiary/aromatic N) is 1. The highest BCUT2D eigenvalue weighted by Gasteiger charge is 2.10. The van der Waals surface area contributed by atoms with E-state index in [0.29, 0.717) is 0 Å². The van der Waals surface area contributed by atoms with E-state index >= 15 is 0 Å². The van der Waals surface area contributed by atoms with Gasteiger partial charge in [0.05, 0.1) is 5.69 Å². The average Bonchev–Trinajstić information content (AvgIpc) is 2.39. The van der Waals surface area contributed by atoms with Crippen molar-refractivity contribution in [2.75, 3.05) is 18.5 Å². The smallest absolute Gasteiger partial charge is 0.323 e. The second kappa shape index (κ2) is 6.29. The topological polar surface area (TPSA) is 40.5 Å². The molecule has 0 saturated carbocycles. The first-order chi connectivity index (χ1) is 9.16. The number of para-hydroxylation sites is 1. The van der Waals surface area contributed by atoms with Gasteiger partial charge in [0.1, 0.15) is 6.54 Å². The molecule has 98 valence electrons. The van der Waals surface area contributed by atoms with Crippen molar-refractivity contribution in [3.8, 4) is 0 Å². The van der Waals surface area contributed by atoms with Crippen LogP contribution in [0.1, 0.15) is 0 Å². The van der Waals surface area contributed by atoms with Gasteiger partial charge >= 0.3 is 5.97 Å². The second-order valence-corrected chi connectivity index (χ2v) is 5.25. The van der Waals surface area contributed by atoms with Crippen LogP contribution >= 0.6 is 11.8 Å². The molecule has 1 N–H and O–H groups in total. The SMILES string of the molecule is CN(CC(=O)O)c1ccccc1Sc1ccccc1. The number of carbonyl (C=O) groups is 1. The number of likely N-dealkylation sites (N-methyl/N-ethyl adjacent to an activating group) is 1. The Morgan fingerprint density at radius 1 is 1.11 bits per heavy atom. The summed E-state index contributed by atoms with van der Waals surface area (Å²) in [6.45, 7) is -0.00758. The molecule has 0 radical (unpaired) electrons. The molecule has 19 heavy (non-hydrogen) atoms. The Labute approximate surface area is 116 Å². The molecular weight excluding hydrogens is 258 g/mol. The fraction of sp³-hybridized carbons (Fsp3) is 0.133. The number of aliphatic carboxylic acids is 1. The molecule has 0 aromatic heterocycles. The number of carboxylic acids is 1. The van der Waals surface area contributed by atoms with Crippen LogP contribution < -0.4 is 4.90 Å². The molecule has 3 nitrogen and oxygen atoms in total. The van der Waals surface area contributed by atoms with Crippen molar-refractivity contribution < 1.29 is 9.90 Å². The van der Waals surface area contributed by atoms with Crippen LogP contribution in [0.25, 0.3) is 0 Å². The third-order valence-corrected chi connectivity index (χ3v) is 3.69. The van der Waals surface area contributed by atoms with Crippen molar-refractivity contribution in [2.45, 2.75) is 9.79 Å². The molecule has 0 aliphatic rings. The summed E-state index contributed by atoms with van der Waals surface area (Å²) in [5, 5.41) is 8.88. The monoisotopic (exact) mass is 273 g/mol. The van der Waals surface area contributed by atoms with Crippen LogP contribution in [0.3, 0.4) is 0 Å². The van der Waals surface area contributed by atoms with E-state index in [1.54, 1.807) is 23.7 Å². The second-order valence-electron chi connectivity index (χ2n) is 4.13.